The number of aromatic nitrogens is 2. The third-order valence-corrected chi connectivity index (χ3v) is 5.10. The van der Waals surface area contributed by atoms with Gasteiger partial charge in [-0.15, -0.1) is 0 Å². The minimum Gasteiger partial charge on any atom is -0.363 e. The average Bonchev–Trinajstić information content (AvgIpc) is 3.05. The minimum absolute atomic E-state index is 0.159. The highest BCUT2D eigenvalue weighted by atomic mass is 79.9. The molecule has 1 unspecified atom stereocenters. The lowest BCUT2D eigenvalue weighted by molar-refractivity contribution is 0.320. The lowest BCUT2D eigenvalue weighted by Crippen LogP contribution is -2.35. The molecule has 1 saturated heterocycles. The van der Waals surface area contributed by atoms with Gasteiger partial charge in [0.2, 0.25) is 5.95 Å². The van der Waals surface area contributed by atoms with Crippen molar-refractivity contribution in [3.05, 3.63) is 46.3 Å². The highest BCUT2D eigenvalue weighted by molar-refractivity contribution is 9.10. The van der Waals surface area contributed by atoms with E-state index in [1.807, 2.05) is 44.2 Å². The van der Waals surface area contributed by atoms with Crippen molar-refractivity contribution < 1.29 is 4.39 Å². The van der Waals surface area contributed by atoms with Crippen molar-refractivity contribution in [1.82, 2.24) is 14.9 Å². The Morgan fingerprint density at radius 1 is 1.28 bits per heavy atom. The Labute approximate surface area is 156 Å². The molecule has 7 heteroatoms. The van der Waals surface area contributed by atoms with Gasteiger partial charge in [-0.1, -0.05) is 22.0 Å². The summed E-state index contributed by atoms with van der Waals surface area (Å²) in [6.07, 6.45) is 2.81. The normalized spacial score (nSPS) is 17.7. The van der Waals surface area contributed by atoms with E-state index in [-0.39, 0.29) is 5.82 Å². The van der Waals surface area contributed by atoms with E-state index < -0.39 is 0 Å². The molecule has 0 bridgehead atoms. The van der Waals surface area contributed by atoms with E-state index in [0.29, 0.717) is 12.6 Å². The van der Waals surface area contributed by atoms with Gasteiger partial charge in [0.1, 0.15) is 11.6 Å². The zero-order valence-electron chi connectivity index (χ0n) is 14.8. The molecule has 25 heavy (non-hydrogen) atoms. The molecule has 1 aromatic heterocycles. The molecule has 0 amide bonds. The quantitative estimate of drug-likeness (QED) is 0.760. The zero-order chi connectivity index (χ0) is 18.0. The van der Waals surface area contributed by atoms with Gasteiger partial charge in [0.15, 0.2) is 0 Å². The standard InChI is InChI=1S/C18H23BrFN5/c1-23(2)17-6-8-21-18(22-17)24(3)15-7-9-25(12-15)11-13-4-5-14(19)10-16(13)20/h4-6,8,10,15H,7,9,11-12H2,1-3H3. The van der Waals surface area contributed by atoms with Gasteiger partial charge in [0.25, 0.3) is 0 Å². The van der Waals surface area contributed by atoms with Gasteiger partial charge in [0.05, 0.1) is 0 Å². The lowest BCUT2D eigenvalue weighted by Gasteiger charge is -2.26. The molecule has 2 aromatic rings. The van der Waals surface area contributed by atoms with Crippen LogP contribution in [0, 0.1) is 5.82 Å². The molecule has 134 valence electrons. The van der Waals surface area contributed by atoms with Crippen molar-refractivity contribution in [2.75, 3.05) is 44.0 Å². The van der Waals surface area contributed by atoms with E-state index in [2.05, 4.69) is 35.7 Å². The van der Waals surface area contributed by atoms with Crippen LogP contribution in [0.2, 0.25) is 0 Å². The molecular formula is C18H23BrFN5. The van der Waals surface area contributed by atoms with Crippen LogP contribution in [-0.4, -0.2) is 55.1 Å². The number of halogens is 2. The predicted octanol–water partition coefficient (Wildman–Crippen LogP) is 3.15. The fraction of sp³-hybridized carbons (Fsp3) is 0.444. The number of likely N-dealkylation sites (tertiary alicyclic amines) is 1. The molecule has 0 aliphatic carbocycles. The molecule has 1 aromatic carbocycles. The van der Waals surface area contributed by atoms with Crippen LogP contribution < -0.4 is 9.80 Å². The van der Waals surface area contributed by atoms with Gasteiger partial charge in [-0.25, -0.2) is 9.37 Å². The van der Waals surface area contributed by atoms with Crippen LogP contribution in [0.25, 0.3) is 0 Å². The number of nitrogens with zero attached hydrogens (tertiary/aromatic N) is 5. The van der Waals surface area contributed by atoms with Crippen LogP contribution >= 0.6 is 15.9 Å². The number of rotatable bonds is 5. The van der Waals surface area contributed by atoms with Crippen molar-refractivity contribution in [3.8, 4) is 0 Å². The smallest absolute Gasteiger partial charge is 0.227 e. The molecule has 2 heterocycles. The second kappa shape index (κ2) is 7.66. The summed E-state index contributed by atoms with van der Waals surface area (Å²) < 4.78 is 14.8. The van der Waals surface area contributed by atoms with E-state index in [1.165, 1.54) is 6.07 Å². The van der Waals surface area contributed by atoms with Gasteiger partial charge < -0.3 is 9.80 Å². The summed E-state index contributed by atoms with van der Waals surface area (Å²) in [7, 11) is 5.97. The SMILES string of the molecule is CN(C)c1ccnc(N(C)C2CCN(Cc3ccc(Br)cc3F)C2)n1. The monoisotopic (exact) mass is 407 g/mol. The van der Waals surface area contributed by atoms with Gasteiger partial charge >= 0.3 is 0 Å². The maximum Gasteiger partial charge on any atom is 0.227 e. The Morgan fingerprint density at radius 2 is 2.08 bits per heavy atom. The van der Waals surface area contributed by atoms with Gasteiger partial charge in [-0.3, -0.25) is 4.90 Å². The van der Waals surface area contributed by atoms with E-state index >= 15 is 0 Å². The molecule has 1 aliphatic rings. The number of hydrogen-bond donors (Lipinski definition) is 0. The maximum atomic E-state index is 14.1. The van der Waals surface area contributed by atoms with Crippen LogP contribution in [0.4, 0.5) is 16.2 Å². The number of hydrogen-bond acceptors (Lipinski definition) is 5. The van der Waals surface area contributed by atoms with Gasteiger partial charge in [-0.2, -0.15) is 4.98 Å². The average molecular weight is 408 g/mol. The van der Waals surface area contributed by atoms with Crippen molar-refractivity contribution in [3.63, 3.8) is 0 Å². The predicted molar refractivity (Wildman–Crippen MR) is 103 cm³/mol. The zero-order valence-corrected chi connectivity index (χ0v) is 16.4. The molecule has 1 fully saturated rings. The molecule has 0 saturated carbocycles. The van der Waals surface area contributed by atoms with Gasteiger partial charge in [0, 0.05) is 63.1 Å². The lowest BCUT2D eigenvalue weighted by atomic mass is 10.2. The third-order valence-electron chi connectivity index (χ3n) is 4.61. The summed E-state index contributed by atoms with van der Waals surface area (Å²) in [6, 6.07) is 7.49. The molecule has 0 spiro atoms. The first kappa shape index (κ1) is 18.1. The number of benzene rings is 1. The summed E-state index contributed by atoms with van der Waals surface area (Å²) in [5, 5.41) is 0. The van der Waals surface area contributed by atoms with Crippen molar-refractivity contribution in [2.24, 2.45) is 0 Å². The second-order valence-electron chi connectivity index (χ2n) is 6.63. The molecular weight excluding hydrogens is 385 g/mol. The van der Waals surface area contributed by atoms with E-state index in [9.17, 15) is 4.39 Å². The fourth-order valence-electron chi connectivity index (χ4n) is 3.08. The van der Waals surface area contributed by atoms with Crippen LogP contribution in [0.15, 0.2) is 34.9 Å². The van der Waals surface area contributed by atoms with E-state index in [1.54, 1.807) is 6.20 Å². The molecule has 5 nitrogen and oxygen atoms in total. The van der Waals surface area contributed by atoms with Crippen LogP contribution in [0.1, 0.15) is 12.0 Å². The van der Waals surface area contributed by atoms with Crippen LogP contribution in [-0.2, 0) is 6.54 Å². The van der Waals surface area contributed by atoms with E-state index in [0.717, 1.165) is 41.3 Å². The molecule has 1 aliphatic heterocycles. The van der Waals surface area contributed by atoms with Crippen molar-refractivity contribution in [1.29, 1.82) is 0 Å². The largest absolute Gasteiger partial charge is 0.363 e. The highest BCUT2D eigenvalue weighted by Crippen LogP contribution is 2.23. The van der Waals surface area contributed by atoms with Crippen molar-refractivity contribution in [2.45, 2.75) is 19.0 Å². The Bertz CT molecular complexity index is 739. The molecule has 3 rings (SSSR count). The maximum absolute atomic E-state index is 14.1. The molecule has 1 atom stereocenters. The summed E-state index contributed by atoms with van der Waals surface area (Å²) in [6.45, 7) is 2.45. The first-order valence-electron chi connectivity index (χ1n) is 8.33. The Kier molecular flexibility index (Phi) is 5.54. The Balaban J connectivity index is 1.65. The number of anilines is 2. The second-order valence-corrected chi connectivity index (χ2v) is 7.55. The van der Waals surface area contributed by atoms with Crippen molar-refractivity contribution >= 4 is 27.7 Å². The first-order chi connectivity index (χ1) is 11.9. The number of likely N-dealkylation sites (N-methyl/N-ethyl adjacent to an activating group) is 1. The highest BCUT2D eigenvalue weighted by Gasteiger charge is 2.27. The molecule has 0 N–H and O–H groups in total. The molecule has 0 radical (unpaired) electrons. The Hall–Kier alpha value is -1.73. The van der Waals surface area contributed by atoms with Crippen LogP contribution in [0.5, 0.6) is 0 Å². The summed E-state index contributed by atoms with van der Waals surface area (Å²) in [4.78, 5) is 15.4. The third kappa shape index (κ3) is 4.27. The summed E-state index contributed by atoms with van der Waals surface area (Å²) in [5.74, 6) is 1.46. The Morgan fingerprint density at radius 3 is 2.80 bits per heavy atom. The first-order valence-corrected chi connectivity index (χ1v) is 9.13. The summed E-state index contributed by atoms with van der Waals surface area (Å²) >= 11 is 3.30. The summed E-state index contributed by atoms with van der Waals surface area (Å²) in [5.41, 5.74) is 0.734. The van der Waals surface area contributed by atoms with Crippen LogP contribution in [0.3, 0.4) is 0 Å². The van der Waals surface area contributed by atoms with Gasteiger partial charge in [-0.05, 0) is 24.6 Å². The fourth-order valence-corrected chi connectivity index (χ4v) is 3.42. The van der Waals surface area contributed by atoms with E-state index in [4.69, 9.17) is 0 Å². The minimum atomic E-state index is -0.159. The topological polar surface area (TPSA) is 35.5 Å².